The first-order valence-electron chi connectivity index (χ1n) is 5.93. The van der Waals surface area contributed by atoms with Crippen LogP contribution in [0.3, 0.4) is 0 Å². The van der Waals surface area contributed by atoms with E-state index in [0.29, 0.717) is 18.9 Å². The number of carboxylic acid groups (broad SMARTS) is 1. The van der Waals surface area contributed by atoms with E-state index in [9.17, 15) is 4.79 Å². The Morgan fingerprint density at radius 2 is 2.12 bits per heavy atom. The Morgan fingerprint density at radius 3 is 2.71 bits per heavy atom. The standard InChI is InChI=1S/C14H20O3/c1-10(2)9-17-13-6-4-11(3)8-12(13)5-7-14(15)16/h4,6,8,10H,5,7,9H2,1-3H3,(H,15,16). The van der Waals surface area contributed by atoms with Crippen LogP contribution < -0.4 is 4.74 Å². The first kappa shape index (κ1) is 13.6. The molecule has 1 aromatic carbocycles. The van der Waals surface area contributed by atoms with Gasteiger partial charge in [-0.15, -0.1) is 0 Å². The van der Waals surface area contributed by atoms with Gasteiger partial charge < -0.3 is 9.84 Å². The Bertz CT molecular complexity index is 383. The minimum Gasteiger partial charge on any atom is -0.493 e. The minimum atomic E-state index is -0.777. The molecule has 0 fully saturated rings. The zero-order valence-corrected chi connectivity index (χ0v) is 10.7. The van der Waals surface area contributed by atoms with E-state index in [1.54, 1.807) is 0 Å². The van der Waals surface area contributed by atoms with Crippen LogP contribution in [-0.4, -0.2) is 17.7 Å². The maximum atomic E-state index is 10.6. The molecule has 3 heteroatoms. The molecule has 0 saturated heterocycles. The van der Waals surface area contributed by atoms with Gasteiger partial charge in [-0.05, 0) is 30.9 Å². The smallest absolute Gasteiger partial charge is 0.303 e. The lowest BCUT2D eigenvalue weighted by molar-refractivity contribution is -0.136. The molecule has 0 aromatic heterocycles. The van der Waals surface area contributed by atoms with Crippen LogP contribution in [0.5, 0.6) is 5.75 Å². The van der Waals surface area contributed by atoms with Crippen molar-refractivity contribution in [2.24, 2.45) is 5.92 Å². The number of carbonyl (C=O) groups is 1. The van der Waals surface area contributed by atoms with Gasteiger partial charge in [-0.25, -0.2) is 0 Å². The quantitative estimate of drug-likeness (QED) is 0.825. The van der Waals surface area contributed by atoms with E-state index < -0.39 is 5.97 Å². The van der Waals surface area contributed by atoms with Gasteiger partial charge in [0.15, 0.2) is 0 Å². The minimum absolute atomic E-state index is 0.140. The maximum absolute atomic E-state index is 10.6. The monoisotopic (exact) mass is 236 g/mol. The molecule has 0 aliphatic carbocycles. The second kappa shape index (κ2) is 6.28. The summed E-state index contributed by atoms with van der Waals surface area (Å²) < 4.78 is 5.69. The molecule has 0 aliphatic rings. The van der Waals surface area contributed by atoms with Gasteiger partial charge in [0.2, 0.25) is 0 Å². The number of benzene rings is 1. The van der Waals surface area contributed by atoms with Crippen molar-refractivity contribution in [3.05, 3.63) is 29.3 Å². The molecule has 94 valence electrons. The van der Waals surface area contributed by atoms with Crippen LogP contribution in [0.2, 0.25) is 0 Å². The molecule has 0 unspecified atom stereocenters. The van der Waals surface area contributed by atoms with Crippen molar-refractivity contribution < 1.29 is 14.6 Å². The van der Waals surface area contributed by atoms with Gasteiger partial charge in [-0.1, -0.05) is 31.5 Å². The summed E-state index contributed by atoms with van der Waals surface area (Å²) in [5, 5.41) is 8.71. The van der Waals surface area contributed by atoms with Gasteiger partial charge in [0.25, 0.3) is 0 Å². The average molecular weight is 236 g/mol. The predicted molar refractivity (Wildman–Crippen MR) is 67.5 cm³/mol. The lowest BCUT2D eigenvalue weighted by Crippen LogP contribution is -2.07. The van der Waals surface area contributed by atoms with Gasteiger partial charge in [0.05, 0.1) is 6.61 Å². The van der Waals surface area contributed by atoms with Crippen molar-refractivity contribution in [2.45, 2.75) is 33.6 Å². The fraction of sp³-hybridized carbons (Fsp3) is 0.500. The lowest BCUT2D eigenvalue weighted by Gasteiger charge is -2.13. The summed E-state index contributed by atoms with van der Waals surface area (Å²) in [5.41, 5.74) is 2.11. The Hall–Kier alpha value is -1.51. The summed E-state index contributed by atoms with van der Waals surface area (Å²) in [7, 11) is 0. The molecule has 0 bridgehead atoms. The van der Waals surface area contributed by atoms with Gasteiger partial charge in [-0.3, -0.25) is 4.79 Å². The Balaban J connectivity index is 2.76. The van der Waals surface area contributed by atoms with Crippen molar-refractivity contribution in [3.63, 3.8) is 0 Å². The normalized spacial score (nSPS) is 10.6. The van der Waals surface area contributed by atoms with Gasteiger partial charge in [-0.2, -0.15) is 0 Å². The molecule has 1 aromatic rings. The number of hydrogen-bond acceptors (Lipinski definition) is 2. The third-order valence-electron chi connectivity index (χ3n) is 2.40. The predicted octanol–water partition coefficient (Wildman–Crippen LogP) is 3.05. The lowest BCUT2D eigenvalue weighted by atomic mass is 10.1. The molecule has 0 aliphatic heterocycles. The van der Waals surface area contributed by atoms with Gasteiger partial charge >= 0.3 is 5.97 Å². The maximum Gasteiger partial charge on any atom is 0.303 e. The van der Waals surface area contributed by atoms with Crippen LogP contribution >= 0.6 is 0 Å². The number of aryl methyl sites for hydroxylation is 2. The first-order valence-corrected chi connectivity index (χ1v) is 5.93. The molecule has 0 amide bonds. The molecule has 1 rings (SSSR count). The van der Waals surface area contributed by atoms with E-state index in [1.807, 2.05) is 25.1 Å². The third-order valence-corrected chi connectivity index (χ3v) is 2.40. The molecule has 3 nitrogen and oxygen atoms in total. The number of hydrogen-bond donors (Lipinski definition) is 1. The second-order valence-corrected chi connectivity index (χ2v) is 4.71. The highest BCUT2D eigenvalue weighted by molar-refractivity contribution is 5.67. The largest absolute Gasteiger partial charge is 0.493 e. The highest BCUT2D eigenvalue weighted by Gasteiger charge is 2.07. The fourth-order valence-electron chi connectivity index (χ4n) is 1.54. The average Bonchev–Trinajstić information content (AvgIpc) is 2.24. The molecule has 0 spiro atoms. The van der Waals surface area contributed by atoms with E-state index in [1.165, 1.54) is 0 Å². The van der Waals surface area contributed by atoms with Crippen molar-refractivity contribution in [2.75, 3.05) is 6.61 Å². The van der Waals surface area contributed by atoms with Crippen molar-refractivity contribution in [3.8, 4) is 5.75 Å². The topological polar surface area (TPSA) is 46.5 Å². The zero-order valence-electron chi connectivity index (χ0n) is 10.7. The summed E-state index contributed by atoms with van der Waals surface area (Å²) in [5.74, 6) is 0.496. The fourth-order valence-corrected chi connectivity index (χ4v) is 1.54. The molecular weight excluding hydrogens is 216 g/mol. The summed E-state index contributed by atoms with van der Waals surface area (Å²) in [4.78, 5) is 10.6. The number of ether oxygens (including phenoxy) is 1. The molecule has 0 radical (unpaired) electrons. The van der Waals surface area contributed by atoms with Crippen LogP contribution in [0, 0.1) is 12.8 Å². The molecular formula is C14H20O3. The van der Waals surface area contributed by atoms with E-state index in [-0.39, 0.29) is 6.42 Å². The van der Waals surface area contributed by atoms with Crippen LogP contribution in [0.1, 0.15) is 31.4 Å². The summed E-state index contributed by atoms with van der Waals surface area (Å²) in [6.45, 7) is 6.83. The van der Waals surface area contributed by atoms with E-state index in [0.717, 1.165) is 16.9 Å². The van der Waals surface area contributed by atoms with E-state index in [4.69, 9.17) is 9.84 Å². The number of carboxylic acids is 1. The van der Waals surface area contributed by atoms with Crippen LogP contribution in [0.15, 0.2) is 18.2 Å². The number of aliphatic carboxylic acids is 1. The molecule has 0 atom stereocenters. The van der Waals surface area contributed by atoms with Crippen LogP contribution in [-0.2, 0) is 11.2 Å². The summed E-state index contributed by atoms with van der Waals surface area (Å²) >= 11 is 0. The Morgan fingerprint density at radius 1 is 1.41 bits per heavy atom. The first-order chi connectivity index (χ1) is 7.99. The second-order valence-electron chi connectivity index (χ2n) is 4.71. The number of rotatable bonds is 6. The molecule has 0 heterocycles. The highest BCUT2D eigenvalue weighted by Crippen LogP contribution is 2.22. The van der Waals surface area contributed by atoms with Crippen molar-refractivity contribution in [1.82, 2.24) is 0 Å². The van der Waals surface area contributed by atoms with Crippen molar-refractivity contribution >= 4 is 5.97 Å². The molecule has 1 N–H and O–H groups in total. The summed E-state index contributed by atoms with van der Waals surface area (Å²) in [6.07, 6.45) is 0.659. The third kappa shape index (κ3) is 4.89. The Labute approximate surface area is 102 Å². The SMILES string of the molecule is Cc1ccc(OCC(C)C)c(CCC(=O)O)c1. The molecule has 17 heavy (non-hydrogen) atoms. The Kier molecular flexibility index (Phi) is 5.01. The highest BCUT2D eigenvalue weighted by atomic mass is 16.5. The van der Waals surface area contributed by atoms with E-state index in [2.05, 4.69) is 13.8 Å². The summed E-state index contributed by atoms with van der Waals surface area (Å²) in [6, 6.07) is 5.91. The van der Waals surface area contributed by atoms with Crippen LogP contribution in [0.4, 0.5) is 0 Å². The van der Waals surface area contributed by atoms with E-state index >= 15 is 0 Å². The van der Waals surface area contributed by atoms with Crippen molar-refractivity contribution in [1.29, 1.82) is 0 Å². The zero-order chi connectivity index (χ0) is 12.8. The van der Waals surface area contributed by atoms with Gasteiger partial charge in [0, 0.05) is 6.42 Å². The van der Waals surface area contributed by atoms with Crippen LogP contribution in [0.25, 0.3) is 0 Å². The molecule has 0 saturated carbocycles. The van der Waals surface area contributed by atoms with Gasteiger partial charge in [0.1, 0.15) is 5.75 Å².